The zero-order valence-electron chi connectivity index (χ0n) is 11.1. The molecule has 6 heteroatoms. The molecule has 2 amide bonds. The van der Waals surface area contributed by atoms with Gasteiger partial charge in [-0.05, 0) is 30.5 Å². The van der Waals surface area contributed by atoms with Crippen LogP contribution in [0, 0.1) is 11.8 Å². The van der Waals surface area contributed by atoms with Gasteiger partial charge in [-0.15, -0.1) is 0 Å². The van der Waals surface area contributed by atoms with E-state index in [9.17, 15) is 9.59 Å². The van der Waals surface area contributed by atoms with Crippen molar-refractivity contribution in [2.24, 2.45) is 11.8 Å². The maximum atomic E-state index is 11.7. The average molecular weight is 360 g/mol. The fourth-order valence-corrected chi connectivity index (χ4v) is 2.64. The van der Waals surface area contributed by atoms with Crippen molar-refractivity contribution < 1.29 is 9.59 Å². The lowest BCUT2D eigenvalue weighted by molar-refractivity contribution is -0.122. The van der Waals surface area contributed by atoms with Gasteiger partial charge in [-0.1, -0.05) is 34.5 Å². The molecule has 1 saturated carbocycles. The van der Waals surface area contributed by atoms with Crippen LogP contribution < -0.4 is 10.6 Å². The Balaban J connectivity index is 1.73. The van der Waals surface area contributed by atoms with E-state index in [1.807, 2.05) is 6.92 Å². The second-order valence-corrected chi connectivity index (χ2v) is 6.36. The number of nitrogens with one attached hydrogen (secondary N) is 2. The maximum absolute atomic E-state index is 11.7. The third-order valence-corrected chi connectivity index (χ3v) is 4.11. The van der Waals surface area contributed by atoms with E-state index in [4.69, 9.17) is 11.6 Å². The summed E-state index contributed by atoms with van der Waals surface area (Å²) in [6.45, 7) is 2.40. The van der Waals surface area contributed by atoms with Crippen LogP contribution in [0.4, 0.5) is 5.69 Å². The zero-order chi connectivity index (χ0) is 14.7. The van der Waals surface area contributed by atoms with Crippen LogP contribution in [-0.4, -0.2) is 18.4 Å². The van der Waals surface area contributed by atoms with Gasteiger partial charge in [0.25, 0.3) is 0 Å². The smallest absolute Gasteiger partial charge is 0.226 e. The molecule has 1 aromatic rings. The topological polar surface area (TPSA) is 58.2 Å². The summed E-state index contributed by atoms with van der Waals surface area (Å²) in [4.78, 5) is 23.3. The lowest BCUT2D eigenvalue weighted by Crippen LogP contribution is -2.29. The number of halogens is 2. The first kappa shape index (κ1) is 15.3. The molecule has 4 nitrogen and oxygen atoms in total. The third-order valence-electron chi connectivity index (χ3n) is 3.30. The lowest BCUT2D eigenvalue weighted by Gasteiger charge is -2.08. The van der Waals surface area contributed by atoms with Crippen LogP contribution in [0.25, 0.3) is 0 Å². The van der Waals surface area contributed by atoms with Crippen molar-refractivity contribution in [3.8, 4) is 0 Å². The van der Waals surface area contributed by atoms with Gasteiger partial charge in [-0.3, -0.25) is 9.59 Å². The summed E-state index contributed by atoms with van der Waals surface area (Å²) in [7, 11) is 0. The molecule has 2 N–H and O–H groups in total. The summed E-state index contributed by atoms with van der Waals surface area (Å²) < 4.78 is 0.853. The summed E-state index contributed by atoms with van der Waals surface area (Å²) >= 11 is 9.31. The molecule has 0 aromatic heterocycles. The summed E-state index contributed by atoms with van der Waals surface area (Å²) in [6, 6.07) is 5.25. The van der Waals surface area contributed by atoms with Crippen molar-refractivity contribution in [3.63, 3.8) is 0 Å². The van der Waals surface area contributed by atoms with Gasteiger partial charge in [0, 0.05) is 23.4 Å². The highest BCUT2D eigenvalue weighted by molar-refractivity contribution is 9.10. The molecule has 0 heterocycles. The lowest BCUT2D eigenvalue weighted by atomic mass is 10.3. The zero-order valence-corrected chi connectivity index (χ0v) is 13.4. The molecule has 2 atom stereocenters. The molecule has 0 aliphatic heterocycles. The van der Waals surface area contributed by atoms with E-state index in [1.165, 1.54) is 0 Å². The van der Waals surface area contributed by atoms with Crippen molar-refractivity contribution in [2.45, 2.75) is 19.8 Å². The van der Waals surface area contributed by atoms with E-state index in [1.54, 1.807) is 18.2 Å². The molecule has 20 heavy (non-hydrogen) atoms. The molecule has 0 spiro atoms. The first-order valence-corrected chi connectivity index (χ1v) is 7.67. The van der Waals surface area contributed by atoms with Crippen LogP contribution in [0.1, 0.15) is 19.8 Å². The monoisotopic (exact) mass is 358 g/mol. The Hall–Kier alpha value is -1.07. The molecule has 1 aromatic carbocycles. The molecule has 0 unspecified atom stereocenters. The molecular weight excluding hydrogens is 344 g/mol. The Bertz CT molecular complexity index is 536. The van der Waals surface area contributed by atoms with E-state index in [-0.39, 0.29) is 24.2 Å². The summed E-state index contributed by atoms with van der Waals surface area (Å²) in [5.41, 5.74) is 0.571. The van der Waals surface area contributed by atoms with Crippen molar-refractivity contribution >= 4 is 45.0 Å². The van der Waals surface area contributed by atoms with Gasteiger partial charge in [0.15, 0.2) is 0 Å². The summed E-state index contributed by atoms with van der Waals surface area (Å²) in [5, 5.41) is 5.97. The number of rotatable bonds is 5. The maximum Gasteiger partial charge on any atom is 0.226 e. The molecule has 108 valence electrons. The number of hydrogen-bond acceptors (Lipinski definition) is 2. The Kier molecular flexibility index (Phi) is 5.05. The normalized spacial score (nSPS) is 20.4. The van der Waals surface area contributed by atoms with E-state index in [0.717, 1.165) is 10.9 Å². The Labute approximate surface area is 131 Å². The largest absolute Gasteiger partial charge is 0.355 e. The van der Waals surface area contributed by atoms with Crippen molar-refractivity contribution in [1.82, 2.24) is 5.32 Å². The van der Waals surface area contributed by atoms with Gasteiger partial charge in [-0.2, -0.15) is 0 Å². The number of carbonyl (C=O) groups is 2. The molecule has 2 rings (SSSR count). The molecule has 1 aliphatic rings. The standard InChI is InChI=1S/C14H16BrClN2O2/c1-8-6-10(8)14(20)17-5-4-13(19)18-12-3-2-9(15)7-11(12)16/h2-3,7-8,10H,4-6H2,1H3,(H,17,20)(H,18,19)/t8-,10+/m1/s1. The molecular formula is C14H16BrClN2O2. The number of anilines is 1. The van der Waals surface area contributed by atoms with E-state index < -0.39 is 0 Å². The minimum atomic E-state index is -0.168. The Morgan fingerprint density at radius 2 is 2.15 bits per heavy atom. The van der Waals surface area contributed by atoms with Crippen molar-refractivity contribution in [3.05, 3.63) is 27.7 Å². The first-order valence-electron chi connectivity index (χ1n) is 6.50. The number of carbonyl (C=O) groups excluding carboxylic acids is 2. The van der Waals surface area contributed by atoms with Crippen LogP contribution in [-0.2, 0) is 9.59 Å². The Morgan fingerprint density at radius 1 is 1.45 bits per heavy atom. The van der Waals surface area contributed by atoms with Crippen molar-refractivity contribution in [2.75, 3.05) is 11.9 Å². The van der Waals surface area contributed by atoms with E-state index in [2.05, 4.69) is 26.6 Å². The van der Waals surface area contributed by atoms with Crippen LogP contribution in [0.15, 0.2) is 22.7 Å². The summed E-state index contributed by atoms with van der Waals surface area (Å²) in [6.07, 6.45) is 1.19. The number of amides is 2. The highest BCUT2D eigenvalue weighted by Gasteiger charge is 2.38. The molecule has 0 bridgehead atoms. The van der Waals surface area contributed by atoms with E-state index >= 15 is 0 Å². The first-order chi connectivity index (χ1) is 9.47. The predicted molar refractivity (Wildman–Crippen MR) is 82.7 cm³/mol. The van der Waals surface area contributed by atoms with Gasteiger partial charge >= 0.3 is 0 Å². The second-order valence-electron chi connectivity index (χ2n) is 5.03. The second kappa shape index (κ2) is 6.59. The van der Waals surface area contributed by atoms with Crippen molar-refractivity contribution in [1.29, 1.82) is 0 Å². The van der Waals surface area contributed by atoms with Crippen LogP contribution in [0.5, 0.6) is 0 Å². The molecule has 1 aliphatic carbocycles. The minimum absolute atomic E-state index is 0.0481. The number of benzene rings is 1. The van der Waals surface area contributed by atoms with Gasteiger partial charge in [0.2, 0.25) is 11.8 Å². The third kappa shape index (κ3) is 4.21. The molecule has 0 radical (unpaired) electrons. The van der Waals surface area contributed by atoms with Crippen LogP contribution in [0.3, 0.4) is 0 Å². The highest BCUT2D eigenvalue weighted by Crippen LogP contribution is 2.37. The van der Waals surface area contributed by atoms with Crippen LogP contribution >= 0.6 is 27.5 Å². The highest BCUT2D eigenvalue weighted by atomic mass is 79.9. The fourth-order valence-electron chi connectivity index (χ4n) is 1.92. The van der Waals surface area contributed by atoms with Crippen LogP contribution in [0.2, 0.25) is 5.02 Å². The summed E-state index contributed by atoms with van der Waals surface area (Å²) in [5.74, 6) is 0.495. The van der Waals surface area contributed by atoms with Gasteiger partial charge in [0.1, 0.15) is 0 Å². The number of hydrogen-bond donors (Lipinski definition) is 2. The molecule has 0 saturated heterocycles. The average Bonchev–Trinajstić information content (AvgIpc) is 3.10. The predicted octanol–water partition coefficient (Wildman–Crippen LogP) is 3.20. The Morgan fingerprint density at radius 3 is 2.75 bits per heavy atom. The SMILES string of the molecule is C[C@@H]1C[C@@H]1C(=O)NCCC(=O)Nc1ccc(Br)cc1Cl. The van der Waals surface area contributed by atoms with Gasteiger partial charge < -0.3 is 10.6 Å². The van der Waals surface area contributed by atoms with E-state index in [0.29, 0.717) is 23.2 Å². The quantitative estimate of drug-likeness (QED) is 0.848. The fraction of sp³-hybridized carbons (Fsp3) is 0.429. The van der Waals surface area contributed by atoms with Gasteiger partial charge in [0.05, 0.1) is 10.7 Å². The minimum Gasteiger partial charge on any atom is -0.355 e. The van der Waals surface area contributed by atoms with Gasteiger partial charge in [-0.25, -0.2) is 0 Å². The molecule has 1 fully saturated rings.